The van der Waals surface area contributed by atoms with E-state index in [0.29, 0.717) is 29.7 Å². The standard InChI is InChI=1S/C31H27F9O/c1-2-3-4-5-18-6-8-19(9-7-18)20-15-26(33)29(27(34)16-20)41-31(39,40)22-10-11-23-21(14-22)17-25(32)24(28(23)35)12-13-30(36,37)38/h10-11,14-19H,2-9H2,1H3. The summed E-state index contributed by atoms with van der Waals surface area (Å²) in [5.74, 6) is -4.33. The zero-order chi connectivity index (χ0) is 29.9. The van der Waals surface area contributed by atoms with Crippen molar-refractivity contribution in [2.24, 2.45) is 5.92 Å². The van der Waals surface area contributed by atoms with Gasteiger partial charge in [-0.25, -0.2) is 17.6 Å². The molecule has 1 saturated carbocycles. The fourth-order valence-corrected chi connectivity index (χ4v) is 5.33. The predicted molar refractivity (Wildman–Crippen MR) is 137 cm³/mol. The van der Waals surface area contributed by atoms with Crippen molar-refractivity contribution in [1.29, 1.82) is 0 Å². The summed E-state index contributed by atoms with van der Waals surface area (Å²) in [5, 5.41) is -0.931. The van der Waals surface area contributed by atoms with Crippen LogP contribution in [0.15, 0.2) is 36.4 Å². The number of hydrogen-bond donors (Lipinski definition) is 0. The van der Waals surface area contributed by atoms with E-state index in [2.05, 4.69) is 11.7 Å². The molecular formula is C31H27F9O. The minimum Gasteiger partial charge on any atom is -0.423 e. The van der Waals surface area contributed by atoms with E-state index in [1.807, 2.05) is 0 Å². The van der Waals surface area contributed by atoms with Gasteiger partial charge in [0, 0.05) is 11.3 Å². The van der Waals surface area contributed by atoms with Crippen molar-refractivity contribution in [1.82, 2.24) is 0 Å². The SMILES string of the molecule is CCCCCC1CCC(c2cc(F)c(OC(F)(F)c3ccc4c(F)c(C#CC(F)(F)F)c(F)cc4c3)c(F)c2)CC1. The maximum absolute atomic E-state index is 15.0. The van der Waals surface area contributed by atoms with Crippen LogP contribution in [0, 0.1) is 41.0 Å². The van der Waals surface area contributed by atoms with E-state index in [1.165, 1.54) is 5.92 Å². The van der Waals surface area contributed by atoms with Crippen molar-refractivity contribution in [3.63, 3.8) is 0 Å². The second-order valence-electron chi connectivity index (χ2n) is 10.4. The summed E-state index contributed by atoms with van der Waals surface area (Å²) in [6.07, 6.45) is -1.45. The van der Waals surface area contributed by atoms with Crippen LogP contribution in [0.25, 0.3) is 10.8 Å². The number of rotatable bonds is 8. The molecule has 0 spiro atoms. The molecular weight excluding hydrogens is 559 g/mol. The first kappa shape index (κ1) is 30.6. The van der Waals surface area contributed by atoms with Gasteiger partial charge < -0.3 is 4.74 Å². The third-order valence-electron chi connectivity index (χ3n) is 7.48. The molecule has 1 aliphatic rings. The Morgan fingerprint density at radius 3 is 2.10 bits per heavy atom. The lowest BCUT2D eigenvalue weighted by Crippen LogP contribution is -2.23. The molecule has 0 saturated heterocycles. The van der Waals surface area contributed by atoms with Crippen LogP contribution in [-0.4, -0.2) is 6.18 Å². The number of hydrogen-bond acceptors (Lipinski definition) is 1. The van der Waals surface area contributed by atoms with Gasteiger partial charge in [-0.1, -0.05) is 44.6 Å². The van der Waals surface area contributed by atoms with Crippen molar-refractivity contribution in [2.75, 3.05) is 0 Å². The van der Waals surface area contributed by atoms with Crippen molar-refractivity contribution < 1.29 is 44.3 Å². The Balaban J connectivity index is 1.53. The number of fused-ring (bicyclic) bond motifs is 1. The molecule has 3 aromatic rings. The average molecular weight is 587 g/mol. The van der Waals surface area contributed by atoms with Gasteiger partial charge in [-0.2, -0.15) is 22.0 Å². The summed E-state index contributed by atoms with van der Waals surface area (Å²) in [5.41, 5.74) is -1.80. The molecule has 0 radical (unpaired) electrons. The van der Waals surface area contributed by atoms with Crippen LogP contribution in [0.1, 0.15) is 80.9 Å². The molecule has 41 heavy (non-hydrogen) atoms. The molecule has 4 rings (SSSR count). The summed E-state index contributed by atoms with van der Waals surface area (Å²) < 4.78 is 130. The number of alkyl halides is 5. The lowest BCUT2D eigenvalue weighted by atomic mass is 9.77. The molecule has 0 aromatic heterocycles. The van der Waals surface area contributed by atoms with Crippen LogP contribution in [-0.2, 0) is 6.11 Å². The second kappa shape index (κ2) is 12.3. The number of unbranched alkanes of at least 4 members (excludes halogenated alkanes) is 2. The summed E-state index contributed by atoms with van der Waals surface area (Å²) in [4.78, 5) is 0. The lowest BCUT2D eigenvalue weighted by molar-refractivity contribution is -0.188. The molecule has 0 N–H and O–H groups in total. The van der Waals surface area contributed by atoms with Gasteiger partial charge in [0.25, 0.3) is 0 Å². The van der Waals surface area contributed by atoms with Gasteiger partial charge in [-0.15, -0.1) is 0 Å². The van der Waals surface area contributed by atoms with Crippen LogP contribution in [0.4, 0.5) is 39.5 Å². The summed E-state index contributed by atoms with van der Waals surface area (Å²) in [6, 6.07) is 4.56. The summed E-state index contributed by atoms with van der Waals surface area (Å²) >= 11 is 0. The Morgan fingerprint density at radius 1 is 0.829 bits per heavy atom. The minimum atomic E-state index is -5.01. The first-order valence-corrected chi connectivity index (χ1v) is 13.4. The zero-order valence-corrected chi connectivity index (χ0v) is 22.1. The molecule has 0 atom stereocenters. The van der Waals surface area contributed by atoms with Gasteiger partial charge in [0.2, 0.25) is 0 Å². The van der Waals surface area contributed by atoms with E-state index in [1.54, 1.807) is 0 Å². The van der Waals surface area contributed by atoms with E-state index in [-0.39, 0.29) is 5.92 Å². The van der Waals surface area contributed by atoms with E-state index in [4.69, 9.17) is 0 Å². The molecule has 0 unspecified atom stereocenters. The molecule has 10 heteroatoms. The number of ether oxygens (including phenoxy) is 1. The highest BCUT2D eigenvalue weighted by molar-refractivity contribution is 5.85. The Bertz CT molecular complexity index is 1440. The maximum Gasteiger partial charge on any atom is 0.458 e. The smallest absolute Gasteiger partial charge is 0.423 e. The molecule has 0 amide bonds. The highest BCUT2D eigenvalue weighted by atomic mass is 19.4. The first-order valence-electron chi connectivity index (χ1n) is 13.4. The number of halogens is 9. The molecule has 1 fully saturated rings. The maximum atomic E-state index is 15.0. The molecule has 0 heterocycles. The third kappa shape index (κ3) is 7.30. The van der Waals surface area contributed by atoms with Crippen molar-refractivity contribution in [2.45, 2.75) is 76.5 Å². The van der Waals surface area contributed by atoms with Crippen molar-refractivity contribution in [3.8, 4) is 17.6 Å². The summed E-state index contributed by atoms with van der Waals surface area (Å²) in [6.45, 7) is 2.13. The van der Waals surface area contributed by atoms with Gasteiger partial charge in [-0.3, -0.25) is 0 Å². The highest BCUT2D eigenvalue weighted by Gasteiger charge is 2.37. The van der Waals surface area contributed by atoms with Crippen LogP contribution in [0.5, 0.6) is 5.75 Å². The molecule has 220 valence electrons. The van der Waals surface area contributed by atoms with E-state index in [9.17, 15) is 39.5 Å². The van der Waals surface area contributed by atoms with Gasteiger partial charge in [0.05, 0.1) is 11.1 Å². The second-order valence-corrected chi connectivity index (χ2v) is 10.4. The minimum absolute atomic E-state index is 0.105. The first-order chi connectivity index (χ1) is 19.3. The van der Waals surface area contributed by atoms with Gasteiger partial charge in [0.1, 0.15) is 11.6 Å². The van der Waals surface area contributed by atoms with Crippen LogP contribution < -0.4 is 4.74 Å². The normalized spacial score (nSPS) is 17.8. The monoisotopic (exact) mass is 586 g/mol. The Labute approximate surface area is 231 Å². The van der Waals surface area contributed by atoms with Crippen molar-refractivity contribution in [3.05, 3.63) is 76.4 Å². The Hall–Kier alpha value is -3.35. The predicted octanol–water partition coefficient (Wildman–Crippen LogP) is 10.3. The van der Waals surface area contributed by atoms with Gasteiger partial charge in [0.15, 0.2) is 17.4 Å². The molecule has 1 aliphatic carbocycles. The highest BCUT2D eigenvalue weighted by Crippen LogP contribution is 2.41. The third-order valence-corrected chi connectivity index (χ3v) is 7.48. The molecule has 0 aliphatic heterocycles. The van der Waals surface area contributed by atoms with Crippen LogP contribution in [0.2, 0.25) is 0 Å². The van der Waals surface area contributed by atoms with E-state index < -0.39 is 63.2 Å². The summed E-state index contributed by atoms with van der Waals surface area (Å²) in [7, 11) is 0. The fourth-order valence-electron chi connectivity index (χ4n) is 5.33. The van der Waals surface area contributed by atoms with Gasteiger partial charge in [-0.05, 0) is 78.8 Å². The lowest BCUT2D eigenvalue weighted by Gasteiger charge is -2.29. The molecule has 3 aromatic carbocycles. The van der Waals surface area contributed by atoms with Crippen LogP contribution >= 0.6 is 0 Å². The van der Waals surface area contributed by atoms with E-state index >= 15 is 0 Å². The van der Waals surface area contributed by atoms with E-state index in [0.717, 1.165) is 75.5 Å². The zero-order valence-electron chi connectivity index (χ0n) is 22.1. The number of benzene rings is 3. The quantitative estimate of drug-likeness (QED) is 0.145. The molecule has 1 nitrogen and oxygen atoms in total. The average Bonchev–Trinajstić information content (AvgIpc) is 2.90. The Kier molecular flexibility index (Phi) is 9.15. The largest absolute Gasteiger partial charge is 0.458 e. The Morgan fingerprint density at radius 2 is 1.49 bits per heavy atom. The van der Waals surface area contributed by atoms with Crippen LogP contribution in [0.3, 0.4) is 0 Å². The van der Waals surface area contributed by atoms with Crippen molar-refractivity contribution >= 4 is 10.8 Å². The van der Waals surface area contributed by atoms with Gasteiger partial charge >= 0.3 is 12.3 Å². The topological polar surface area (TPSA) is 9.23 Å². The molecule has 0 bridgehead atoms. The fraction of sp³-hybridized carbons (Fsp3) is 0.419.